The van der Waals surface area contributed by atoms with Gasteiger partial charge in [0.15, 0.2) is 23.7 Å². The smallest absolute Gasteiger partial charge is 0.352 e. The van der Waals surface area contributed by atoms with Crippen molar-refractivity contribution in [2.75, 3.05) is 6.54 Å². The van der Waals surface area contributed by atoms with Gasteiger partial charge >= 0.3 is 11.9 Å². The van der Waals surface area contributed by atoms with Crippen LogP contribution in [0.25, 0.3) is 0 Å². The largest absolute Gasteiger partial charge is 0.504 e. The topological polar surface area (TPSA) is 131 Å². The summed E-state index contributed by atoms with van der Waals surface area (Å²) in [5.41, 5.74) is 1.05. The molecule has 9 heteroatoms. The molecule has 41 heavy (non-hydrogen) atoms. The van der Waals surface area contributed by atoms with E-state index in [0.717, 1.165) is 29.5 Å². The van der Waals surface area contributed by atoms with Gasteiger partial charge < -0.3 is 29.7 Å². The van der Waals surface area contributed by atoms with Crippen LogP contribution in [0.15, 0.2) is 54.3 Å². The van der Waals surface area contributed by atoms with Crippen LogP contribution in [0.5, 0.6) is 11.5 Å². The fraction of sp³-hybridized carbons (Fsp3) is 0.469. The van der Waals surface area contributed by atoms with Crippen molar-refractivity contribution in [1.82, 2.24) is 5.32 Å². The van der Waals surface area contributed by atoms with Gasteiger partial charge in [-0.3, -0.25) is 9.59 Å². The lowest BCUT2D eigenvalue weighted by atomic mass is 9.47. The van der Waals surface area contributed by atoms with E-state index < -0.39 is 35.2 Å². The number of aromatic hydroxyl groups is 1. The third kappa shape index (κ3) is 4.56. The van der Waals surface area contributed by atoms with E-state index in [4.69, 9.17) is 14.2 Å². The van der Waals surface area contributed by atoms with Crippen LogP contribution in [-0.2, 0) is 42.1 Å². The second-order valence-corrected chi connectivity index (χ2v) is 11.6. The lowest BCUT2D eigenvalue weighted by Gasteiger charge is -2.59. The number of benzene rings is 2. The fourth-order valence-corrected chi connectivity index (χ4v) is 7.33. The van der Waals surface area contributed by atoms with E-state index in [0.29, 0.717) is 37.9 Å². The zero-order valence-corrected chi connectivity index (χ0v) is 23.1. The molecule has 2 aromatic carbocycles. The Balaban J connectivity index is 1.06. The molecule has 1 saturated carbocycles. The molecule has 3 N–H and O–H groups in total. The normalized spacial score (nSPS) is 27.5. The standard InChI is InChI=1S/C32H35NO8/c1-19(39-26(36)14-17-33-25(35)12-9-20-6-3-2-4-7-20)30(37)40-24-13-16-32(38)22-8-5-15-31(32)27-21(18-22)10-11-23(34)28(27)41-29(24)31/h2-4,6-7,10-11,13,19,22,29,34,38H,5,8-9,12,14-18H2,1H3,(H,33,35)/t19-,22+,29-,31-,32+/m0/s1. The molecule has 6 rings (SSSR count). The molecule has 0 saturated heterocycles. The van der Waals surface area contributed by atoms with Crippen LogP contribution in [0.1, 0.15) is 62.1 Å². The first-order valence-electron chi connectivity index (χ1n) is 14.4. The molecule has 3 aliphatic carbocycles. The summed E-state index contributed by atoms with van der Waals surface area (Å²) >= 11 is 0. The number of hydrogen-bond acceptors (Lipinski definition) is 8. The van der Waals surface area contributed by atoms with Crippen molar-refractivity contribution < 1.29 is 38.8 Å². The molecule has 0 aromatic heterocycles. The lowest BCUT2D eigenvalue weighted by Crippen LogP contribution is -2.67. The van der Waals surface area contributed by atoms with E-state index in [2.05, 4.69) is 5.32 Å². The van der Waals surface area contributed by atoms with Crippen molar-refractivity contribution in [3.63, 3.8) is 0 Å². The van der Waals surface area contributed by atoms with Gasteiger partial charge in [-0.2, -0.15) is 0 Å². The quantitative estimate of drug-likeness (QED) is 0.397. The van der Waals surface area contributed by atoms with Gasteiger partial charge in [-0.1, -0.05) is 42.8 Å². The Morgan fingerprint density at radius 1 is 1.15 bits per heavy atom. The Morgan fingerprint density at radius 2 is 1.95 bits per heavy atom. The molecule has 9 nitrogen and oxygen atoms in total. The van der Waals surface area contributed by atoms with Crippen molar-refractivity contribution in [2.45, 2.75) is 81.5 Å². The van der Waals surface area contributed by atoms with E-state index in [-0.39, 0.29) is 36.3 Å². The van der Waals surface area contributed by atoms with Crippen LogP contribution in [-0.4, -0.2) is 52.4 Å². The highest BCUT2D eigenvalue weighted by Gasteiger charge is 2.70. The van der Waals surface area contributed by atoms with Crippen LogP contribution in [0.3, 0.4) is 0 Å². The van der Waals surface area contributed by atoms with Crippen molar-refractivity contribution >= 4 is 17.8 Å². The van der Waals surface area contributed by atoms with E-state index >= 15 is 0 Å². The maximum Gasteiger partial charge on any atom is 0.352 e. The second-order valence-electron chi connectivity index (χ2n) is 11.6. The van der Waals surface area contributed by atoms with Crippen molar-refractivity contribution in [3.8, 4) is 11.5 Å². The number of carbonyl (C=O) groups excluding carboxylic acids is 3. The highest BCUT2D eigenvalue weighted by molar-refractivity contribution is 5.81. The van der Waals surface area contributed by atoms with E-state index in [9.17, 15) is 24.6 Å². The van der Waals surface area contributed by atoms with Gasteiger partial charge in [0, 0.05) is 18.5 Å². The summed E-state index contributed by atoms with van der Waals surface area (Å²) in [4.78, 5) is 37.5. The summed E-state index contributed by atoms with van der Waals surface area (Å²) in [6.07, 6.45) is 4.00. The van der Waals surface area contributed by atoms with Crippen LogP contribution in [0, 0.1) is 5.92 Å². The maximum absolute atomic E-state index is 13.0. The molecule has 1 amide bonds. The monoisotopic (exact) mass is 561 g/mol. The third-order valence-electron chi connectivity index (χ3n) is 9.26. The van der Waals surface area contributed by atoms with Crippen molar-refractivity contribution in [1.29, 1.82) is 0 Å². The summed E-state index contributed by atoms with van der Waals surface area (Å²) in [5, 5.41) is 25.4. The summed E-state index contributed by atoms with van der Waals surface area (Å²) in [7, 11) is 0. The number of hydrogen-bond donors (Lipinski definition) is 3. The predicted octanol–water partition coefficient (Wildman–Crippen LogP) is 3.38. The van der Waals surface area contributed by atoms with Crippen molar-refractivity contribution in [2.24, 2.45) is 5.92 Å². The molecule has 2 aromatic rings. The summed E-state index contributed by atoms with van der Waals surface area (Å²) in [6.45, 7) is 1.53. The molecule has 0 unspecified atom stereocenters. The third-order valence-corrected chi connectivity index (χ3v) is 9.26. The maximum atomic E-state index is 13.0. The average molecular weight is 562 g/mol. The highest BCUT2D eigenvalue weighted by Crippen LogP contribution is 2.67. The number of esters is 2. The first-order chi connectivity index (χ1) is 19.7. The number of aryl methyl sites for hydroxylation is 1. The molecule has 1 aliphatic heterocycles. The molecule has 1 heterocycles. The first kappa shape index (κ1) is 27.3. The molecule has 1 spiro atoms. The molecular weight excluding hydrogens is 526 g/mol. The van der Waals surface area contributed by atoms with Crippen LogP contribution in [0.4, 0.5) is 0 Å². The highest BCUT2D eigenvalue weighted by atomic mass is 16.6. The predicted molar refractivity (Wildman–Crippen MR) is 147 cm³/mol. The minimum absolute atomic E-state index is 0.000898. The molecule has 0 radical (unpaired) electrons. The summed E-state index contributed by atoms with van der Waals surface area (Å²) in [5.74, 6) is -0.915. The number of rotatable bonds is 9. The molecule has 1 fully saturated rings. The number of carbonyl (C=O) groups is 3. The average Bonchev–Trinajstić information content (AvgIpc) is 3.31. The SMILES string of the molecule is C[C@H](OC(=O)CCNC(=O)CCc1ccccc1)C(=O)OC1=CC[C@@]2(O)[C@@H]3CCC[C@@]24c2c(ccc(O)c2O[C@@H]14)C3. The van der Waals surface area contributed by atoms with E-state index in [1.54, 1.807) is 12.1 Å². The summed E-state index contributed by atoms with van der Waals surface area (Å²) < 4.78 is 17.3. The van der Waals surface area contributed by atoms with Gasteiger partial charge in [-0.15, -0.1) is 0 Å². The lowest BCUT2D eigenvalue weighted by molar-refractivity contribution is -0.171. The second kappa shape index (κ2) is 10.5. The van der Waals surface area contributed by atoms with Crippen molar-refractivity contribution in [3.05, 3.63) is 71.0 Å². The minimum atomic E-state index is -1.19. The molecule has 2 bridgehead atoms. The number of aliphatic hydroxyl groups is 1. The number of phenols is 1. The number of ether oxygens (including phenoxy) is 3. The van der Waals surface area contributed by atoms with Gasteiger partial charge in [0.25, 0.3) is 0 Å². The van der Waals surface area contributed by atoms with Gasteiger partial charge in [0.05, 0.1) is 17.4 Å². The Labute approximate surface area is 238 Å². The Bertz CT molecular complexity index is 1400. The molecular formula is C32H35NO8. The Morgan fingerprint density at radius 3 is 2.76 bits per heavy atom. The zero-order chi connectivity index (χ0) is 28.8. The first-order valence-corrected chi connectivity index (χ1v) is 14.4. The van der Waals surface area contributed by atoms with Crippen LogP contribution in [0.2, 0.25) is 0 Å². The zero-order valence-electron chi connectivity index (χ0n) is 23.1. The molecule has 4 aliphatic rings. The van der Waals surface area contributed by atoms with Gasteiger partial charge in [0.2, 0.25) is 5.91 Å². The summed E-state index contributed by atoms with van der Waals surface area (Å²) in [6, 6.07) is 13.2. The van der Waals surface area contributed by atoms with Gasteiger partial charge in [-0.25, -0.2) is 4.79 Å². The molecule has 216 valence electrons. The van der Waals surface area contributed by atoms with E-state index in [1.807, 2.05) is 36.4 Å². The van der Waals surface area contributed by atoms with Gasteiger partial charge in [-0.05, 0) is 68.2 Å². The number of phenolic OH excluding ortho intramolecular Hbond substituents is 1. The number of nitrogens with one attached hydrogen (secondary N) is 1. The minimum Gasteiger partial charge on any atom is -0.504 e. The molecule has 5 atom stereocenters. The Hall–Kier alpha value is -3.85. The number of amides is 1. The fourth-order valence-electron chi connectivity index (χ4n) is 7.33. The van der Waals surface area contributed by atoms with E-state index in [1.165, 1.54) is 6.92 Å². The Kier molecular flexibility index (Phi) is 7.01. The van der Waals surface area contributed by atoms with Gasteiger partial charge in [0.1, 0.15) is 5.76 Å². The van der Waals surface area contributed by atoms with Crippen LogP contribution >= 0.6 is 0 Å². The van der Waals surface area contributed by atoms with Crippen LogP contribution < -0.4 is 10.1 Å².